The molecular weight excluding hydrogens is 246 g/mol. The molecule has 1 aromatic rings. The van der Waals surface area contributed by atoms with Crippen LogP contribution in [0.2, 0.25) is 0 Å². The van der Waals surface area contributed by atoms with Gasteiger partial charge in [-0.15, -0.1) is 0 Å². The number of aliphatic hydroxyl groups is 1. The van der Waals surface area contributed by atoms with Crippen molar-refractivity contribution < 1.29 is 19.3 Å². The van der Waals surface area contributed by atoms with Gasteiger partial charge in [-0.25, -0.2) is 0 Å². The first-order valence-corrected chi connectivity index (χ1v) is 6.44. The lowest BCUT2D eigenvalue weighted by atomic mass is 10.00. The third kappa shape index (κ3) is 2.93. The monoisotopic (exact) mass is 267 g/mol. The van der Waals surface area contributed by atoms with Crippen molar-refractivity contribution in [3.05, 3.63) is 17.7 Å². The Kier molecular flexibility index (Phi) is 4.17. The zero-order valence-electron chi connectivity index (χ0n) is 11.7. The van der Waals surface area contributed by atoms with Crippen molar-refractivity contribution in [2.75, 3.05) is 20.5 Å². The highest BCUT2D eigenvalue weighted by Crippen LogP contribution is 2.41. The van der Waals surface area contributed by atoms with E-state index < -0.39 is 0 Å². The number of benzene rings is 1. The number of rotatable bonds is 6. The molecule has 5 nitrogen and oxygen atoms in total. The quantitative estimate of drug-likeness (QED) is 0.821. The Balaban J connectivity index is 2.13. The first-order valence-electron chi connectivity index (χ1n) is 6.44. The average Bonchev–Trinajstić information content (AvgIpc) is 2.92. The van der Waals surface area contributed by atoms with Crippen LogP contribution in [0.1, 0.15) is 25.8 Å². The summed E-state index contributed by atoms with van der Waals surface area (Å²) in [5.41, 5.74) is 0.762. The van der Waals surface area contributed by atoms with Crippen molar-refractivity contribution in [2.24, 2.45) is 0 Å². The molecule has 1 heterocycles. The van der Waals surface area contributed by atoms with Crippen molar-refractivity contribution in [3.63, 3.8) is 0 Å². The number of ether oxygens (including phenoxy) is 3. The van der Waals surface area contributed by atoms with Crippen molar-refractivity contribution in [2.45, 2.75) is 32.4 Å². The maximum absolute atomic E-state index is 9.39. The summed E-state index contributed by atoms with van der Waals surface area (Å²) in [7, 11) is 1.61. The van der Waals surface area contributed by atoms with Crippen LogP contribution in [0, 0.1) is 0 Å². The Morgan fingerprint density at radius 3 is 2.84 bits per heavy atom. The van der Waals surface area contributed by atoms with Gasteiger partial charge in [0.25, 0.3) is 0 Å². The molecule has 0 bridgehead atoms. The first kappa shape index (κ1) is 14.0. The average molecular weight is 267 g/mol. The number of hydrogen-bond acceptors (Lipinski definition) is 5. The SMILES string of the molecule is CCC(C)(CO)NCc1cc(OC)c2c(c1)OCO2. The van der Waals surface area contributed by atoms with Crippen LogP contribution >= 0.6 is 0 Å². The van der Waals surface area contributed by atoms with E-state index >= 15 is 0 Å². The summed E-state index contributed by atoms with van der Waals surface area (Å²) in [4.78, 5) is 0. The number of methoxy groups -OCH3 is 1. The lowest BCUT2D eigenvalue weighted by molar-refractivity contribution is 0.168. The van der Waals surface area contributed by atoms with E-state index in [1.54, 1.807) is 7.11 Å². The summed E-state index contributed by atoms with van der Waals surface area (Å²) in [6.07, 6.45) is 0.852. The minimum absolute atomic E-state index is 0.102. The summed E-state index contributed by atoms with van der Waals surface area (Å²) < 4.78 is 16.0. The molecule has 0 spiro atoms. The molecule has 0 radical (unpaired) electrons. The number of hydrogen-bond donors (Lipinski definition) is 2. The Bertz CT molecular complexity index is 443. The largest absolute Gasteiger partial charge is 0.493 e. The van der Waals surface area contributed by atoms with E-state index in [2.05, 4.69) is 5.32 Å². The zero-order valence-corrected chi connectivity index (χ0v) is 11.7. The third-order valence-electron chi connectivity index (χ3n) is 3.57. The predicted octanol–water partition coefficient (Wildman–Crippen LogP) is 1.67. The van der Waals surface area contributed by atoms with E-state index in [1.165, 1.54) is 0 Å². The molecule has 5 heteroatoms. The van der Waals surface area contributed by atoms with Crippen LogP contribution in [0.5, 0.6) is 17.2 Å². The standard InChI is InChI=1S/C14H21NO4/c1-4-14(2,8-16)15-7-10-5-11(17-3)13-12(6-10)18-9-19-13/h5-6,15-16H,4,7-9H2,1-3H3. The molecular formula is C14H21NO4. The molecule has 1 aliphatic heterocycles. The normalized spacial score (nSPS) is 16.2. The van der Waals surface area contributed by atoms with E-state index in [4.69, 9.17) is 14.2 Å². The highest BCUT2D eigenvalue weighted by atomic mass is 16.7. The summed E-state index contributed by atoms with van der Waals surface area (Å²) in [6, 6.07) is 3.86. The van der Waals surface area contributed by atoms with Crippen molar-refractivity contribution in [1.29, 1.82) is 0 Å². The zero-order chi connectivity index (χ0) is 13.9. The minimum Gasteiger partial charge on any atom is -0.493 e. The van der Waals surface area contributed by atoms with Gasteiger partial charge in [0.2, 0.25) is 12.5 Å². The predicted molar refractivity (Wildman–Crippen MR) is 71.7 cm³/mol. The minimum atomic E-state index is -0.274. The lowest BCUT2D eigenvalue weighted by Gasteiger charge is -2.27. The Morgan fingerprint density at radius 2 is 2.21 bits per heavy atom. The molecule has 0 aliphatic carbocycles. The van der Waals surface area contributed by atoms with Crippen LogP contribution in [-0.4, -0.2) is 31.2 Å². The highest BCUT2D eigenvalue weighted by Gasteiger charge is 2.22. The van der Waals surface area contributed by atoms with E-state index in [0.29, 0.717) is 23.8 Å². The van der Waals surface area contributed by atoms with Crippen molar-refractivity contribution in [1.82, 2.24) is 5.32 Å². The molecule has 2 rings (SSSR count). The molecule has 106 valence electrons. The molecule has 0 aromatic heterocycles. The molecule has 0 saturated carbocycles. The van der Waals surface area contributed by atoms with Crippen LogP contribution in [-0.2, 0) is 6.54 Å². The molecule has 1 aliphatic rings. The van der Waals surface area contributed by atoms with Gasteiger partial charge in [0.15, 0.2) is 11.5 Å². The van der Waals surface area contributed by atoms with Gasteiger partial charge in [0.1, 0.15) is 0 Å². The summed E-state index contributed by atoms with van der Waals surface area (Å²) >= 11 is 0. The van der Waals surface area contributed by atoms with Gasteiger partial charge in [-0.05, 0) is 31.0 Å². The third-order valence-corrected chi connectivity index (χ3v) is 3.57. The van der Waals surface area contributed by atoms with Gasteiger partial charge in [0, 0.05) is 12.1 Å². The Morgan fingerprint density at radius 1 is 1.42 bits per heavy atom. The van der Waals surface area contributed by atoms with Crippen LogP contribution in [0.25, 0.3) is 0 Å². The smallest absolute Gasteiger partial charge is 0.231 e. The van der Waals surface area contributed by atoms with Gasteiger partial charge < -0.3 is 24.6 Å². The van der Waals surface area contributed by atoms with Crippen LogP contribution in [0.15, 0.2) is 12.1 Å². The lowest BCUT2D eigenvalue weighted by Crippen LogP contribution is -2.44. The topological polar surface area (TPSA) is 60.0 Å². The van der Waals surface area contributed by atoms with Gasteiger partial charge in [-0.1, -0.05) is 6.92 Å². The number of fused-ring (bicyclic) bond motifs is 1. The Labute approximate surface area is 113 Å². The Hall–Kier alpha value is -1.46. The molecule has 1 aromatic carbocycles. The van der Waals surface area contributed by atoms with Crippen molar-refractivity contribution >= 4 is 0 Å². The fourth-order valence-corrected chi connectivity index (χ4v) is 1.89. The maximum atomic E-state index is 9.39. The molecule has 0 amide bonds. The molecule has 1 unspecified atom stereocenters. The molecule has 1 atom stereocenters. The number of aliphatic hydroxyl groups excluding tert-OH is 1. The molecule has 0 saturated heterocycles. The highest BCUT2D eigenvalue weighted by molar-refractivity contribution is 5.55. The van der Waals surface area contributed by atoms with E-state index in [0.717, 1.165) is 12.0 Å². The van der Waals surface area contributed by atoms with E-state index in [9.17, 15) is 5.11 Å². The second-order valence-electron chi connectivity index (χ2n) is 4.96. The van der Waals surface area contributed by atoms with Gasteiger partial charge in [-0.2, -0.15) is 0 Å². The van der Waals surface area contributed by atoms with E-state index in [1.807, 2.05) is 26.0 Å². The van der Waals surface area contributed by atoms with E-state index in [-0.39, 0.29) is 18.9 Å². The second kappa shape index (κ2) is 5.67. The number of nitrogens with one attached hydrogen (secondary N) is 1. The fourth-order valence-electron chi connectivity index (χ4n) is 1.89. The first-order chi connectivity index (χ1) is 9.11. The second-order valence-corrected chi connectivity index (χ2v) is 4.96. The molecule has 0 fully saturated rings. The van der Waals surface area contributed by atoms with Crippen molar-refractivity contribution in [3.8, 4) is 17.2 Å². The van der Waals surface area contributed by atoms with Crippen LogP contribution in [0.4, 0.5) is 0 Å². The summed E-state index contributed by atoms with van der Waals surface area (Å²) in [5.74, 6) is 2.04. The van der Waals surface area contributed by atoms with Crippen LogP contribution in [0.3, 0.4) is 0 Å². The molecule has 19 heavy (non-hydrogen) atoms. The van der Waals surface area contributed by atoms with Gasteiger partial charge in [-0.3, -0.25) is 0 Å². The maximum Gasteiger partial charge on any atom is 0.231 e. The van der Waals surface area contributed by atoms with Gasteiger partial charge in [0.05, 0.1) is 13.7 Å². The van der Waals surface area contributed by atoms with Crippen LogP contribution < -0.4 is 19.5 Å². The fraction of sp³-hybridized carbons (Fsp3) is 0.571. The molecule has 2 N–H and O–H groups in total. The summed E-state index contributed by atoms with van der Waals surface area (Å²) in [6.45, 7) is 5.01. The summed E-state index contributed by atoms with van der Waals surface area (Å²) in [5, 5.41) is 12.7. The van der Waals surface area contributed by atoms with Gasteiger partial charge >= 0.3 is 0 Å².